The summed E-state index contributed by atoms with van der Waals surface area (Å²) in [5.41, 5.74) is 0.568. The van der Waals surface area contributed by atoms with Gasteiger partial charge in [0.25, 0.3) is 0 Å². The molecule has 1 aromatic carbocycles. The smallest absolute Gasteiger partial charge is 0.128 e. The van der Waals surface area contributed by atoms with Crippen molar-refractivity contribution in [2.75, 3.05) is 6.54 Å². The Hall–Kier alpha value is -0.600. The zero-order valence-electron chi connectivity index (χ0n) is 13.8. The van der Waals surface area contributed by atoms with E-state index < -0.39 is 0 Å². The van der Waals surface area contributed by atoms with E-state index >= 15 is 0 Å². The van der Waals surface area contributed by atoms with Crippen LogP contribution in [0.25, 0.3) is 0 Å². The first-order valence-corrected chi connectivity index (χ1v) is 8.22. The Kier molecular flexibility index (Phi) is 4.70. The maximum absolute atomic E-state index is 14.4. The minimum absolute atomic E-state index is 0.0215. The Morgan fingerprint density at radius 2 is 1.95 bits per heavy atom. The topological polar surface area (TPSA) is 12.0 Å². The number of benzene rings is 1. The Morgan fingerprint density at radius 1 is 1.33 bits per heavy atom. The van der Waals surface area contributed by atoms with Crippen LogP contribution in [0, 0.1) is 17.7 Å². The second-order valence-electron chi connectivity index (χ2n) is 7.89. The highest BCUT2D eigenvalue weighted by atomic mass is 35.5. The van der Waals surface area contributed by atoms with E-state index in [4.69, 9.17) is 11.6 Å². The molecular formula is C18H27ClFN. The standard InChI is InChI=1S/C18H27ClFN/c1-12(2)13-9-18(10-13,11-21-17(3,4)5)16-14(19)7-6-8-15(16)20/h6-8,12-13,21H,9-11H2,1-5H3. The molecular weight excluding hydrogens is 285 g/mol. The van der Waals surface area contributed by atoms with Gasteiger partial charge in [0, 0.05) is 28.1 Å². The molecule has 3 heteroatoms. The molecule has 0 unspecified atom stereocenters. The lowest BCUT2D eigenvalue weighted by Gasteiger charge is -2.51. The van der Waals surface area contributed by atoms with Gasteiger partial charge in [0.05, 0.1) is 0 Å². The fourth-order valence-electron chi connectivity index (χ4n) is 3.29. The van der Waals surface area contributed by atoms with Crippen molar-refractivity contribution in [3.8, 4) is 0 Å². The highest BCUT2D eigenvalue weighted by Gasteiger charge is 2.48. The zero-order valence-corrected chi connectivity index (χ0v) is 14.5. The van der Waals surface area contributed by atoms with E-state index in [0.717, 1.165) is 19.4 Å². The highest BCUT2D eigenvalue weighted by Crippen LogP contribution is 2.52. The number of nitrogens with one attached hydrogen (secondary N) is 1. The summed E-state index contributed by atoms with van der Waals surface area (Å²) in [7, 11) is 0. The van der Waals surface area contributed by atoms with Crippen molar-refractivity contribution < 1.29 is 4.39 Å². The maximum atomic E-state index is 14.4. The first kappa shape index (κ1) is 16.8. The third-order valence-electron chi connectivity index (χ3n) is 4.70. The van der Waals surface area contributed by atoms with Crippen molar-refractivity contribution in [2.45, 2.75) is 58.4 Å². The average Bonchev–Trinajstić information content (AvgIpc) is 2.28. The van der Waals surface area contributed by atoms with Gasteiger partial charge < -0.3 is 5.32 Å². The van der Waals surface area contributed by atoms with E-state index in [9.17, 15) is 4.39 Å². The molecule has 0 atom stereocenters. The Bertz CT molecular complexity index is 478. The molecule has 0 aliphatic heterocycles. The second-order valence-corrected chi connectivity index (χ2v) is 8.30. The first-order chi connectivity index (χ1) is 9.65. The van der Waals surface area contributed by atoms with Crippen LogP contribution in [-0.4, -0.2) is 12.1 Å². The molecule has 1 saturated carbocycles. The summed E-state index contributed by atoms with van der Waals surface area (Å²) in [4.78, 5) is 0. The molecule has 1 fully saturated rings. The molecule has 21 heavy (non-hydrogen) atoms. The van der Waals surface area contributed by atoms with Gasteiger partial charge in [-0.25, -0.2) is 4.39 Å². The minimum Gasteiger partial charge on any atom is -0.311 e. The lowest BCUT2D eigenvalue weighted by atomic mass is 9.55. The van der Waals surface area contributed by atoms with Gasteiger partial charge in [0.1, 0.15) is 5.82 Å². The summed E-state index contributed by atoms with van der Waals surface area (Å²) in [6, 6.07) is 5.02. The summed E-state index contributed by atoms with van der Waals surface area (Å²) >= 11 is 6.34. The number of rotatable bonds is 4. The molecule has 0 spiro atoms. The van der Waals surface area contributed by atoms with Crippen LogP contribution in [0.3, 0.4) is 0 Å². The van der Waals surface area contributed by atoms with Crippen molar-refractivity contribution in [1.82, 2.24) is 5.32 Å². The van der Waals surface area contributed by atoms with Gasteiger partial charge in [0.15, 0.2) is 0 Å². The summed E-state index contributed by atoms with van der Waals surface area (Å²) in [6.07, 6.45) is 2.02. The van der Waals surface area contributed by atoms with Crippen LogP contribution in [0.15, 0.2) is 18.2 Å². The Labute approximate surface area is 133 Å². The Balaban J connectivity index is 2.30. The molecule has 1 aromatic rings. The van der Waals surface area contributed by atoms with E-state index in [1.807, 2.05) is 6.07 Å². The summed E-state index contributed by atoms with van der Waals surface area (Å²) in [5, 5.41) is 4.11. The second kappa shape index (κ2) is 5.89. The zero-order chi connectivity index (χ0) is 15.8. The lowest BCUT2D eigenvalue weighted by Crippen LogP contribution is -2.54. The molecule has 118 valence electrons. The van der Waals surface area contributed by atoms with Crippen LogP contribution in [0.1, 0.15) is 53.0 Å². The van der Waals surface area contributed by atoms with Crippen LogP contribution >= 0.6 is 11.6 Å². The molecule has 2 rings (SSSR count). The summed E-state index contributed by atoms with van der Waals surface area (Å²) in [5.74, 6) is 1.13. The summed E-state index contributed by atoms with van der Waals surface area (Å²) < 4.78 is 14.4. The lowest BCUT2D eigenvalue weighted by molar-refractivity contribution is 0.0882. The quantitative estimate of drug-likeness (QED) is 0.808. The molecule has 0 radical (unpaired) electrons. The highest BCUT2D eigenvalue weighted by molar-refractivity contribution is 6.31. The third kappa shape index (κ3) is 3.60. The fourth-order valence-corrected chi connectivity index (χ4v) is 3.65. The van der Waals surface area contributed by atoms with Crippen LogP contribution in [-0.2, 0) is 5.41 Å². The predicted octanol–water partition coefficient (Wildman–Crippen LogP) is 5.17. The van der Waals surface area contributed by atoms with E-state index in [1.54, 1.807) is 6.07 Å². The van der Waals surface area contributed by atoms with Crippen LogP contribution in [0.5, 0.6) is 0 Å². The van der Waals surface area contributed by atoms with E-state index in [0.29, 0.717) is 22.4 Å². The van der Waals surface area contributed by atoms with Crippen LogP contribution < -0.4 is 5.32 Å². The van der Waals surface area contributed by atoms with E-state index in [1.165, 1.54) is 6.07 Å². The van der Waals surface area contributed by atoms with E-state index in [-0.39, 0.29) is 16.8 Å². The summed E-state index contributed by atoms with van der Waals surface area (Å²) in [6.45, 7) is 11.7. The number of halogens is 2. The molecule has 1 aliphatic carbocycles. The van der Waals surface area contributed by atoms with Gasteiger partial charge >= 0.3 is 0 Å². The van der Waals surface area contributed by atoms with Crippen molar-refractivity contribution in [3.63, 3.8) is 0 Å². The molecule has 0 heterocycles. The predicted molar refractivity (Wildman–Crippen MR) is 88.4 cm³/mol. The third-order valence-corrected chi connectivity index (χ3v) is 5.01. The molecule has 0 aromatic heterocycles. The van der Waals surface area contributed by atoms with Crippen LogP contribution in [0.2, 0.25) is 5.02 Å². The van der Waals surface area contributed by atoms with E-state index in [2.05, 4.69) is 39.9 Å². The van der Waals surface area contributed by atoms with Crippen LogP contribution in [0.4, 0.5) is 4.39 Å². The van der Waals surface area contributed by atoms with Gasteiger partial charge in [-0.2, -0.15) is 0 Å². The van der Waals surface area contributed by atoms with Gasteiger partial charge in [-0.05, 0) is 57.6 Å². The number of hydrogen-bond acceptors (Lipinski definition) is 1. The van der Waals surface area contributed by atoms with Crippen molar-refractivity contribution in [2.24, 2.45) is 11.8 Å². The SMILES string of the molecule is CC(C)C1CC(CNC(C)(C)C)(c2c(F)cccc2Cl)C1. The van der Waals surface area contributed by atoms with Crippen molar-refractivity contribution in [1.29, 1.82) is 0 Å². The first-order valence-electron chi connectivity index (χ1n) is 7.84. The molecule has 0 amide bonds. The van der Waals surface area contributed by atoms with Crippen molar-refractivity contribution >= 4 is 11.6 Å². The fraction of sp³-hybridized carbons (Fsp3) is 0.667. The van der Waals surface area contributed by atoms with Gasteiger partial charge in [0.2, 0.25) is 0 Å². The monoisotopic (exact) mass is 311 g/mol. The molecule has 1 N–H and O–H groups in total. The Morgan fingerprint density at radius 3 is 2.43 bits per heavy atom. The molecule has 0 saturated heterocycles. The average molecular weight is 312 g/mol. The minimum atomic E-state index is -0.166. The molecule has 1 nitrogen and oxygen atoms in total. The number of hydrogen-bond donors (Lipinski definition) is 1. The molecule has 1 aliphatic rings. The normalized spacial score (nSPS) is 26.0. The van der Waals surface area contributed by atoms with Gasteiger partial charge in [-0.15, -0.1) is 0 Å². The van der Waals surface area contributed by atoms with Crippen molar-refractivity contribution in [3.05, 3.63) is 34.6 Å². The van der Waals surface area contributed by atoms with Gasteiger partial charge in [-0.1, -0.05) is 31.5 Å². The molecule has 0 bridgehead atoms. The van der Waals surface area contributed by atoms with Gasteiger partial charge in [-0.3, -0.25) is 0 Å². The maximum Gasteiger partial charge on any atom is 0.128 e. The largest absolute Gasteiger partial charge is 0.311 e.